The van der Waals surface area contributed by atoms with Crippen LogP contribution in [-0.2, 0) is 6.13 Å². The zero-order chi connectivity index (χ0) is 5.82. The Labute approximate surface area is 68.9 Å². The van der Waals surface area contributed by atoms with Crippen molar-refractivity contribution in [1.82, 2.24) is 0 Å². The Morgan fingerprint density at radius 1 is 1.75 bits per heavy atom. The minimum atomic E-state index is -1.71. The molecule has 4 heteroatoms. The van der Waals surface area contributed by atoms with Gasteiger partial charge in [-0.3, -0.25) is 0 Å². The molecule has 0 unspecified atom stereocenters. The molecule has 8 heavy (non-hydrogen) atoms. The van der Waals surface area contributed by atoms with E-state index >= 15 is 0 Å². The molecular weight excluding hydrogens is 334 g/mol. The Bertz CT molecular complexity index is 192. The van der Waals surface area contributed by atoms with E-state index in [-0.39, 0.29) is 0 Å². The van der Waals surface area contributed by atoms with Crippen LogP contribution >= 0.6 is 43.2 Å². The maximum atomic E-state index is 4.82. The molecule has 0 N–H and O–H groups in total. The van der Waals surface area contributed by atoms with Crippen molar-refractivity contribution in [1.29, 1.82) is 0 Å². The summed E-state index contributed by atoms with van der Waals surface area (Å²) in [5.74, 6) is 0. The van der Waals surface area contributed by atoms with Gasteiger partial charge in [0.05, 0.1) is 0 Å². The first-order chi connectivity index (χ1) is 3.93. The number of halogens is 2. The number of hydrogen-bond acceptors (Lipinski definition) is 2. The van der Waals surface area contributed by atoms with Crippen LogP contribution in [0.25, 0.3) is 0 Å². The molecule has 0 amide bonds. The van der Waals surface area contributed by atoms with E-state index in [1.54, 1.807) is 0 Å². The summed E-state index contributed by atoms with van der Waals surface area (Å²) in [5, 5.41) is 0. The van der Waals surface area contributed by atoms with E-state index in [1.165, 1.54) is 0 Å². The normalized spacial score (nSPS) is 15.4. The summed E-state index contributed by atoms with van der Waals surface area (Å²) in [7, 11) is 0. The first kappa shape index (κ1) is 6.30. The quantitative estimate of drug-likeness (QED) is 0.536. The Kier molecular flexibility index (Phi) is 2.56. The van der Waals surface area contributed by atoms with Gasteiger partial charge in [0.1, 0.15) is 0 Å². The van der Waals surface area contributed by atoms with Crippen molar-refractivity contribution in [3.8, 4) is 20.1 Å². The Morgan fingerprint density at radius 3 is 2.88 bits per heavy atom. The van der Waals surface area contributed by atoms with Gasteiger partial charge in [-0.1, -0.05) is 0 Å². The average Bonchev–Trinajstić information content (AvgIpc) is 1.63. The Hall–Kier alpha value is 0.180. The molecule has 0 aromatic carbocycles. The first-order valence-corrected chi connectivity index (χ1v) is 5.51. The van der Waals surface area contributed by atoms with E-state index in [0.717, 1.165) is 0 Å². The molecule has 0 bridgehead atoms. The van der Waals surface area contributed by atoms with Crippen LogP contribution in [0.4, 0.5) is 0 Å². The summed E-state index contributed by atoms with van der Waals surface area (Å²) in [5.41, 5.74) is 0. The zero-order valence-corrected chi connectivity index (χ0v) is 7.89. The van der Waals surface area contributed by atoms with E-state index in [1.807, 2.05) is 22.6 Å². The fourth-order valence-electron chi connectivity index (χ4n) is 0.155. The molecule has 0 aromatic heterocycles. The van der Waals surface area contributed by atoms with Crippen molar-refractivity contribution in [2.75, 3.05) is 0 Å². The molecular formula is C4I2O2. The van der Waals surface area contributed by atoms with Crippen molar-refractivity contribution in [2.24, 2.45) is 0 Å². The molecule has 2 nitrogen and oxygen atoms in total. The van der Waals surface area contributed by atoms with Gasteiger partial charge in [-0.15, -0.1) is 0 Å². The monoisotopic (exact) mass is 334 g/mol. The summed E-state index contributed by atoms with van der Waals surface area (Å²) in [6.45, 7) is 0. The molecule has 42 valence electrons. The van der Waals surface area contributed by atoms with Crippen LogP contribution in [0.3, 0.4) is 0 Å². The molecule has 1 rings (SSSR count). The molecule has 0 radical (unpaired) electrons. The van der Waals surface area contributed by atoms with Gasteiger partial charge < -0.3 is 0 Å². The molecule has 0 atom stereocenters. The molecule has 0 aromatic rings. The number of rotatable bonds is 1. The molecule has 0 spiro atoms. The van der Waals surface area contributed by atoms with Crippen molar-refractivity contribution < 1.29 is 6.13 Å². The summed E-state index contributed by atoms with van der Waals surface area (Å²) in [4.78, 5) is 0. The third kappa shape index (κ3) is 1.60. The van der Waals surface area contributed by atoms with Gasteiger partial charge >= 0.3 is 69.4 Å². The second-order valence-electron chi connectivity index (χ2n) is 0.765. The second kappa shape index (κ2) is 3.25. The van der Waals surface area contributed by atoms with Crippen molar-refractivity contribution in [3.05, 3.63) is 0 Å². The van der Waals surface area contributed by atoms with Crippen molar-refractivity contribution in [2.45, 2.75) is 0 Å². The number of hydrogen-bond donors (Lipinski definition) is 0. The van der Waals surface area contributed by atoms with Gasteiger partial charge in [0, 0.05) is 0 Å². The molecule has 0 aliphatic carbocycles. The third-order valence-electron chi connectivity index (χ3n) is 0.372. The van der Waals surface area contributed by atoms with Crippen LogP contribution in [-0.4, -0.2) is 0 Å². The standard InChI is InChI=1S/C4I2O2/c5-1-3-7-6-2-4-8-6. The molecule has 0 saturated heterocycles. The van der Waals surface area contributed by atoms with E-state index in [0.29, 0.717) is 0 Å². The van der Waals surface area contributed by atoms with Gasteiger partial charge in [0.15, 0.2) is 0 Å². The molecule has 1 aliphatic rings. The summed E-state index contributed by atoms with van der Waals surface area (Å²) in [6.07, 6.45) is 4.82. The van der Waals surface area contributed by atoms with Crippen LogP contribution in [0.1, 0.15) is 0 Å². The van der Waals surface area contributed by atoms with E-state index in [4.69, 9.17) is 6.13 Å². The van der Waals surface area contributed by atoms with Crippen LogP contribution in [0.2, 0.25) is 0 Å². The SMILES string of the molecule is IC#COI1C#CO1. The topological polar surface area (TPSA) is 18.5 Å². The second-order valence-corrected chi connectivity index (χ2v) is 3.96. The van der Waals surface area contributed by atoms with Crippen molar-refractivity contribution >= 4 is 43.2 Å². The van der Waals surface area contributed by atoms with Crippen LogP contribution in [0.5, 0.6) is 0 Å². The predicted molar refractivity (Wildman–Crippen MR) is 45.8 cm³/mol. The van der Waals surface area contributed by atoms with E-state index in [9.17, 15) is 0 Å². The average molecular weight is 334 g/mol. The van der Waals surface area contributed by atoms with Crippen molar-refractivity contribution in [3.63, 3.8) is 0 Å². The molecule has 1 aliphatic heterocycles. The maximum absolute atomic E-state index is 4.82. The van der Waals surface area contributed by atoms with Crippen LogP contribution < -0.4 is 0 Å². The van der Waals surface area contributed by atoms with Gasteiger partial charge in [-0.05, 0) is 0 Å². The fourth-order valence-corrected chi connectivity index (χ4v) is 1.60. The third-order valence-corrected chi connectivity index (χ3v) is 2.49. The molecule has 1 heterocycles. The van der Waals surface area contributed by atoms with E-state index < -0.39 is 20.6 Å². The van der Waals surface area contributed by atoms with E-state index in [2.05, 4.69) is 20.1 Å². The minimum absolute atomic E-state index is 1.71. The summed E-state index contributed by atoms with van der Waals surface area (Å²) >= 11 is 0.191. The van der Waals surface area contributed by atoms with Crippen LogP contribution in [0.15, 0.2) is 0 Å². The van der Waals surface area contributed by atoms with Crippen LogP contribution in [0, 0.1) is 20.1 Å². The molecule has 0 fully saturated rings. The van der Waals surface area contributed by atoms with Gasteiger partial charge in [0.25, 0.3) is 0 Å². The fraction of sp³-hybridized carbons (Fsp3) is 0. The van der Waals surface area contributed by atoms with Gasteiger partial charge in [0.2, 0.25) is 0 Å². The summed E-state index contributed by atoms with van der Waals surface area (Å²) < 4.78 is 14.8. The Morgan fingerprint density at radius 2 is 2.50 bits per heavy atom. The molecule has 0 saturated carbocycles. The van der Waals surface area contributed by atoms with Gasteiger partial charge in [-0.25, -0.2) is 0 Å². The van der Waals surface area contributed by atoms with Gasteiger partial charge in [-0.2, -0.15) is 0 Å². The first-order valence-electron chi connectivity index (χ1n) is 1.59. The summed E-state index contributed by atoms with van der Waals surface area (Å²) in [6, 6.07) is 0. The predicted octanol–water partition coefficient (Wildman–Crippen LogP) is 1.64. The Balaban J connectivity index is 2.21. The zero-order valence-electron chi connectivity index (χ0n) is 3.57.